The molecule has 0 radical (unpaired) electrons. The van der Waals surface area contributed by atoms with Crippen LogP contribution in [0.1, 0.15) is 43.6 Å². The molecule has 8 heteroatoms. The molecule has 0 aliphatic rings. The predicted molar refractivity (Wildman–Crippen MR) is 75.2 cm³/mol. The van der Waals surface area contributed by atoms with E-state index in [1.807, 2.05) is 13.8 Å². The normalized spacial score (nSPS) is 11.9. The highest BCUT2D eigenvalue weighted by molar-refractivity contribution is 5.96. The molecule has 1 rings (SSSR count). The molecule has 0 saturated carbocycles. The van der Waals surface area contributed by atoms with Crippen molar-refractivity contribution in [3.05, 3.63) is 28.1 Å². The van der Waals surface area contributed by atoms with E-state index in [1.165, 1.54) is 10.8 Å². The molecule has 8 nitrogen and oxygen atoms in total. The number of nitrogens with one attached hydrogen (secondary N) is 1. The molecule has 0 fully saturated rings. The van der Waals surface area contributed by atoms with Crippen LogP contribution in [0, 0.1) is 10.1 Å². The minimum Gasteiger partial charge on any atom is -0.480 e. The van der Waals surface area contributed by atoms with Gasteiger partial charge in [-0.15, -0.1) is 0 Å². The standard InChI is InChI=1S/C13H19N3O5/c1-3-5-10(13(18)19)14-12(17)11-7-9(16(20)21)8-15(11)6-4-2/h7-8,10H,3-6H2,1-2H3,(H,14,17)(H,18,19)/t10-/m1/s1. The number of aliphatic carboxylic acids is 1. The van der Waals surface area contributed by atoms with Gasteiger partial charge in [-0.1, -0.05) is 20.3 Å². The third kappa shape index (κ3) is 4.30. The van der Waals surface area contributed by atoms with Crippen molar-refractivity contribution in [1.29, 1.82) is 0 Å². The number of carboxylic acids is 1. The highest BCUT2D eigenvalue weighted by Crippen LogP contribution is 2.17. The summed E-state index contributed by atoms with van der Waals surface area (Å²) in [7, 11) is 0. The second-order valence-corrected chi connectivity index (χ2v) is 4.69. The topological polar surface area (TPSA) is 114 Å². The molecule has 0 spiro atoms. The van der Waals surface area contributed by atoms with Gasteiger partial charge in [0.05, 0.1) is 11.1 Å². The predicted octanol–water partition coefficient (Wildman–Crippen LogP) is 1.79. The number of aryl methyl sites for hydroxylation is 1. The summed E-state index contributed by atoms with van der Waals surface area (Å²) in [6, 6.07) is 0.169. The average molecular weight is 297 g/mol. The molecule has 0 unspecified atom stereocenters. The van der Waals surface area contributed by atoms with Gasteiger partial charge in [0.25, 0.3) is 11.6 Å². The number of hydrogen-bond acceptors (Lipinski definition) is 4. The van der Waals surface area contributed by atoms with Gasteiger partial charge in [-0.2, -0.15) is 0 Å². The molecule has 1 aromatic rings. The Kier molecular flexibility index (Phi) is 5.89. The van der Waals surface area contributed by atoms with Crippen LogP contribution in [-0.2, 0) is 11.3 Å². The van der Waals surface area contributed by atoms with Gasteiger partial charge in [0.15, 0.2) is 0 Å². The SMILES string of the molecule is CCC[C@@H](NC(=O)c1cc([N+](=O)[O-])cn1CCC)C(=O)O. The van der Waals surface area contributed by atoms with Crippen LogP contribution in [-0.4, -0.2) is 32.5 Å². The summed E-state index contributed by atoms with van der Waals surface area (Å²) in [5.41, 5.74) is -0.0816. The van der Waals surface area contributed by atoms with E-state index in [4.69, 9.17) is 5.11 Å². The number of hydrogen-bond donors (Lipinski definition) is 2. The van der Waals surface area contributed by atoms with E-state index < -0.39 is 22.8 Å². The molecule has 0 aliphatic heterocycles. The van der Waals surface area contributed by atoms with Crippen LogP contribution in [0.4, 0.5) is 5.69 Å². The van der Waals surface area contributed by atoms with Gasteiger partial charge in [0.1, 0.15) is 11.7 Å². The zero-order chi connectivity index (χ0) is 16.0. The van der Waals surface area contributed by atoms with Gasteiger partial charge < -0.3 is 15.0 Å². The Labute approximate surface area is 121 Å². The molecule has 0 saturated heterocycles. The number of aromatic nitrogens is 1. The van der Waals surface area contributed by atoms with Crippen LogP contribution in [0.3, 0.4) is 0 Å². The van der Waals surface area contributed by atoms with Gasteiger partial charge in [0.2, 0.25) is 0 Å². The van der Waals surface area contributed by atoms with Gasteiger partial charge in [-0.05, 0) is 12.8 Å². The van der Waals surface area contributed by atoms with E-state index in [9.17, 15) is 19.7 Å². The Morgan fingerprint density at radius 3 is 2.57 bits per heavy atom. The maximum Gasteiger partial charge on any atom is 0.326 e. The van der Waals surface area contributed by atoms with Gasteiger partial charge in [-0.3, -0.25) is 14.9 Å². The Hall–Kier alpha value is -2.38. The highest BCUT2D eigenvalue weighted by atomic mass is 16.6. The molecule has 1 atom stereocenters. The smallest absolute Gasteiger partial charge is 0.326 e. The number of carbonyl (C=O) groups excluding carboxylic acids is 1. The van der Waals surface area contributed by atoms with E-state index in [0.717, 1.165) is 6.07 Å². The first-order valence-electron chi connectivity index (χ1n) is 6.78. The van der Waals surface area contributed by atoms with Crippen molar-refractivity contribution in [3.63, 3.8) is 0 Å². The zero-order valence-corrected chi connectivity index (χ0v) is 12.0. The molecule has 21 heavy (non-hydrogen) atoms. The lowest BCUT2D eigenvalue weighted by molar-refractivity contribution is -0.384. The maximum absolute atomic E-state index is 12.1. The van der Waals surface area contributed by atoms with E-state index in [-0.39, 0.29) is 11.4 Å². The van der Waals surface area contributed by atoms with E-state index in [0.29, 0.717) is 25.8 Å². The van der Waals surface area contributed by atoms with Crippen LogP contribution >= 0.6 is 0 Å². The fourth-order valence-electron chi connectivity index (χ4n) is 1.99. The quantitative estimate of drug-likeness (QED) is 0.560. The van der Waals surface area contributed by atoms with Crippen LogP contribution < -0.4 is 5.32 Å². The molecular formula is C13H19N3O5. The first kappa shape index (κ1) is 16.7. The Morgan fingerprint density at radius 2 is 2.10 bits per heavy atom. The summed E-state index contributed by atoms with van der Waals surface area (Å²) in [6.07, 6.45) is 2.89. The van der Waals surface area contributed by atoms with Crippen molar-refractivity contribution in [1.82, 2.24) is 9.88 Å². The highest BCUT2D eigenvalue weighted by Gasteiger charge is 2.24. The molecule has 1 heterocycles. The monoisotopic (exact) mass is 297 g/mol. The summed E-state index contributed by atoms with van der Waals surface area (Å²) in [6.45, 7) is 4.14. The minimum atomic E-state index is -1.12. The van der Waals surface area contributed by atoms with E-state index in [2.05, 4.69) is 5.32 Å². The molecule has 116 valence electrons. The minimum absolute atomic E-state index is 0.103. The number of nitro groups is 1. The number of carboxylic acid groups (broad SMARTS) is 1. The van der Waals surface area contributed by atoms with Gasteiger partial charge >= 0.3 is 5.97 Å². The first-order chi connectivity index (χ1) is 9.90. The fourth-order valence-corrected chi connectivity index (χ4v) is 1.99. The van der Waals surface area contributed by atoms with Gasteiger partial charge in [-0.25, -0.2) is 4.79 Å². The average Bonchev–Trinajstić information content (AvgIpc) is 2.82. The van der Waals surface area contributed by atoms with E-state index >= 15 is 0 Å². The lowest BCUT2D eigenvalue weighted by Gasteiger charge is -2.14. The summed E-state index contributed by atoms with van der Waals surface area (Å²) in [5.74, 6) is -1.73. The maximum atomic E-state index is 12.1. The van der Waals surface area contributed by atoms with Crippen molar-refractivity contribution in [2.24, 2.45) is 0 Å². The molecule has 0 aliphatic carbocycles. The van der Waals surface area contributed by atoms with Crippen LogP contribution in [0.15, 0.2) is 12.3 Å². The van der Waals surface area contributed by atoms with Crippen LogP contribution in [0.5, 0.6) is 0 Å². The third-order valence-electron chi connectivity index (χ3n) is 2.97. The fraction of sp³-hybridized carbons (Fsp3) is 0.538. The molecule has 2 N–H and O–H groups in total. The molecule has 1 aromatic heterocycles. The van der Waals surface area contributed by atoms with Gasteiger partial charge in [0, 0.05) is 12.6 Å². The number of carbonyl (C=O) groups is 2. The first-order valence-corrected chi connectivity index (χ1v) is 6.78. The second kappa shape index (κ2) is 7.41. The number of amides is 1. The molecule has 0 aromatic carbocycles. The molecular weight excluding hydrogens is 278 g/mol. The summed E-state index contributed by atoms with van der Waals surface area (Å²) in [5, 5.41) is 22.2. The lowest BCUT2D eigenvalue weighted by Crippen LogP contribution is -2.41. The Balaban J connectivity index is 2.99. The summed E-state index contributed by atoms with van der Waals surface area (Å²) < 4.78 is 1.47. The third-order valence-corrected chi connectivity index (χ3v) is 2.97. The van der Waals surface area contributed by atoms with Crippen molar-refractivity contribution in [2.45, 2.75) is 45.7 Å². The Bertz CT molecular complexity index is 538. The van der Waals surface area contributed by atoms with Crippen LogP contribution in [0.2, 0.25) is 0 Å². The summed E-state index contributed by atoms with van der Waals surface area (Å²) >= 11 is 0. The van der Waals surface area contributed by atoms with Crippen molar-refractivity contribution in [3.8, 4) is 0 Å². The largest absolute Gasteiger partial charge is 0.480 e. The lowest BCUT2D eigenvalue weighted by atomic mass is 10.1. The zero-order valence-electron chi connectivity index (χ0n) is 12.0. The molecule has 1 amide bonds. The number of nitrogens with zero attached hydrogens (tertiary/aromatic N) is 2. The number of rotatable bonds is 8. The van der Waals surface area contributed by atoms with Crippen LogP contribution in [0.25, 0.3) is 0 Å². The van der Waals surface area contributed by atoms with Crippen molar-refractivity contribution < 1.29 is 19.6 Å². The van der Waals surface area contributed by atoms with E-state index in [1.54, 1.807) is 0 Å². The molecule has 0 bridgehead atoms. The summed E-state index contributed by atoms with van der Waals surface area (Å²) in [4.78, 5) is 33.4. The Morgan fingerprint density at radius 1 is 1.43 bits per heavy atom. The second-order valence-electron chi connectivity index (χ2n) is 4.69. The van der Waals surface area contributed by atoms with Crippen molar-refractivity contribution in [2.75, 3.05) is 0 Å². The van der Waals surface area contributed by atoms with Crippen molar-refractivity contribution >= 4 is 17.6 Å².